The second-order valence-corrected chi connectivity index (χ2v) is 7.05. The quantitative estimate of drug-likeness (QED) is 0.790. The lowest BCUT2D eigenvalue weighted by molar-refractivity contribution is 0.0597. The zero-order valence-electron chi connectivity index (χ0n) is 12.6. The van der Waals surface area contributed by atoms with Crippen molar-refractivity contribution in [3.8, 4) is 0 Å². The average Bonchev–Trinajstić information content (AvgIpc) is 3.16. The number of fused-ring (bicyclic) bond motifs is 1. The molecule has 0 bridgehead atoms. The van der Waals surface area contributed by atoms with Crippen molar-refractivity contribution in [2.45, 2.75) is 45.7 Å². The maximum atomic E-state index is 12.9. The zero-order chi connectivity index (χ0) is 15.1. The normalized spacial score (nSPS) is 16.4. The molecule has 1 aromatic heterocycles. The Hall–Kier alpha value is -1.29. The topological polar surface area (TPSA) is 33.5 Å². The first-order chi connectivity index (χ1) is 9.99. The van der Waals surface area contributed by atoms with Crippen LogP contribution in [0.15, 0.2) is 33.2 Å². The van der Waals surface area contributed by atoms with E-state index >= 15 is 0 Å². The molecule has 0 radical (unpaired) electrons. The molecule has 1 saturated carbocycles. The molecule has 3 rings (SSSR count). The van der Waals surface area contributed by atoms with Crippen LogP contribution >= 0.6 is 15.9 Å². The summed E-state index contributed by atoms with van der Waals surface area (Å²) < 4.78 is 6.69. The third-order valence-electron chi connectivity index (χ3n) is 4.29. The lowest BCUT2D eigenvalue weighted by Gasteiger charge is -2.31. The number of furan rings is 1. The Morgan fingerprint density at radius 1 is 1.33 bits per heavy atom. The predicted molar refractivity (Wildman–Crippen MR) is 87.4 cm³/mol. The second-order valence-electron chi connectivity index (χ2n) is 6.20. The molecule has 1 heterocycles. The summed E-state index contributed by atoms with van der Waals surface area (Å²) in [6.07, 6.45) is 2.21. The average molecular weight is 350 g/mol. The summed E-state index contributed by atoms with van der Waals surface area (Å²) in [7, 11) is 0. The van der Waals surface area contributed by atoms with Gasteiger partial charge in [0.25, 0.3) is 5.91 Å². The number of benzene rings is 1. The van der Waals surface area contributed by atoms with Gasteiger partial charge in [-0.05, 0) is 53.7 Å². The van der Waals surface area contributed by atoms with Crippen LogP contribution in [0.2, 0.25) is 0 Å². The second kappa shape index (κ2) is 5.48. The number of hydrogen-bond acceptors (Lipinski definition) is 2. The molecule has 3 nitrogen and oxygen atoms in total. The summed E-state index contributed by atoms with van der Waals surface area (Å²) in [6.45, 7) is 6.44. The van der Waals surface area contributed by atoms with Gasteiger partial charge in [0, 0.05) is 17.5 Å². The third kappa shape index (κ3) is 2.73. The smallest absolute Gasteiger partial charge is 0.290 e. The molecule has 0 spiro atoms. The van der Waals surface area contributed by atoms with Crippen molar-refractivity contribution in [1.82, 2.24) is 4.90 Å². The van der Waals surface area contributed by atoms with Gasteiger partial charge in [0.05, 0.1) is 4.47 Å². The Morgan fingerprint density at radius 3 is 2.62 bits per heavy atom. The van der Waals surface area contributed by atoms with Gasteiger partial charge >= 0.3 is 0 Å². The number of hydrogen-bond donors (Lipinski definition) is 0. The van der Waals surface area contributed by atoms with Crippen molar-refractivity contribution >= 4 is 32.8 Å². The molecule has 0 saturated heterocycles. The maximum absolute atomic E-state index is 12.9. The van der Waals surface area contributed by atoms with Gasteiger partial charge in [0.1, 0.15) is 5.58 Å². The highest BCUT2D eigenvalue weighted by Crippen LogP contribution is 2.34. The van der Waals surface area contributed by atoms with Crippen LogP contribution in [0.4, 0.5) is 0 Å². The lowest BCUT2D eigenvalue weighted by Crippen LogP contribution is -2.42. The van der Waals surface area contributed by atoms with Crippen LogP contribution in [0.1, 0.15) is 44.2 Å². The van der Waals surface area contributed by atoms with Crippen LogP contribution in [0.5, 0.6) is 0 Å². The molecule has 1 atom stereocenters. The van der Waals surface area contributed by atoms with E-state index in [-0.39, 0.29) is 11.9 Å². The fraction of sp³-hybridized carbons (Fsp3) is 0.471. The van der Waals surface area contributed by atoms with Crippen molar-refractivity contribution < 1.29 is 9.21 Å². The Bertz CT molecular complexity index is 672. The SMILES string of the molecule is CC(C)C(C)N(C(=O)c1cc2cccc(Br)c2o1)C1CC1. The number of halogens is 1. The molecule has 1 amide bonds. The van der Waals surface area contributed by atoms with Gasteiger partial charge in [0.15, 0.2) is 5.76 Å². The predicted octanol–water partition coefficient (Wildman–Crippen LogP) is 4.84. The van der Waals surface area contributed by atoms with Crippen molar-refractivity contribution in [2.24, 2.45) is 5.92 Å². The molecule has 112 valence electrons. The Morgan fingerprint density at radius 2 is 2.05 bits per heavy atom. The van der Waals surface area contributed by atoms with Crippen LogP contribution in [0, 0.1) is 5.92 Å². The van der Waals surface area contributed by atoms with E-state index in [4.69, 9.17) is 4.42 Å². The fourth-order valence-corrected chi connectivity index (χ4v) is 3.08. The summed E-state index contributed by atoms with van der Waals surface area (Å²) >= 11 is 3.47. The van der Waals surface area contributed by atoms with Crippen LogP contribution in [0.3, 0.4) is 0 Å². The number of para-hydroxylation sites is 1. The summed E-state index contributed by atoms with van der Waals surface area (Å²) in [5.74, 6) is 0.892. The number of nitrogens with zero attached hydrogens (tertiary/aromatic N) is 1. The minimum absolute atomic E-state index is 0.0156. The highest BCUT2D eigenvalue weighted by molar-refractivity contribution is 9.10. The van der Waals surface area contributed by atoms with Gasteiger partial charge in [-0.3, -0.25) is 4.79 Å². The van der Waals surface area contributed by atoms with E-state index < -0.39 is 0 Å². The summed E-state index contributed by atoms with van der Waals surface area (Å²) in [6, 6.07) is 8.30. The van der Waals surface area contributed by atoms with Crippen molar-refractivity contribution in [3.63, 3.8) is 0 Å². The molecule has 0 aliphatic heterocycles. The van der Waals surface area contributed by atoms with Crippen molar-refractivity contribution in [2.75, 3.05) is 0 Å². The van der Waals surface area contributed by atoms with Gasteiger partial charge in [-0.25, -0.2) is 0 Å². The van der Waals surface area contributed by atoms with E-state index in [1.165, 1.54) is 0 Å². The summed E-state index contributed by atoms with van der Waals surface area (Å²) in [5, 5.41) is 0.959. The molecule has 4 heteroatoms. The zero-order valence-corrected chi connectivity index (χ0v) is 14.2. The monoisotopic (exact) mass is 349 g/mol. The highest BCUT2D eigenvalue weighted by atomic mass is 79.9. The van der Waals surface area contributed by atoms with Gasteiger partial charge in [-0.1, -0.05) is 26.0 Å². The third-order valence-corrected chi connectivity index (χ3v) is 4.91. The van der Waals surface area contributed by atoms with Crippen molar-refractivity contribution in [1.29, 1.82) is 0 Å². The van der Waals surface area contributed by atoms with Gasteiger partial charge in [-0.2, -0.15) is 0 Å². The van der Waals surface area contributed by atoms with Crippen LogP contribution in [-0.4, -0.2) is 22.9 Å². The molecule has 1 aromatic carbocycles. The van der Waals surface area contributed by atoms with Gasteiger partial charge in [0.2, 0.25) is 0 Å². The molecule has 1 unspecified atom stereocenters. The molecular weight excluding hydrogens is 330 g/mol. The van der Waals surface area contributed by atoms with E-state index in [0.29, 0.717) is 17.7 Å². The Labute approximate surface area is 133 Å². The molecule has 2 aromatic rings. The van der Waals surface area contributed by atoms with E-state index in [2.05, 4.69) is 36.7 Å². The summed E-state index contributed by atoms with van der Waals surface area (Å²) in [4.78, 5) is 14.9. The van der Waals surface area contributed by atoms with Gasteiger partial charge < -0.3 is 9.32 Å². The van der Waals surface area contributed by atoms with E-state index in [9.17, 15) is 4.79 Å². The number of carbonyl (C=O) groups is 1. The maximum Gasteiger partial charge on any atom is 0.290 e. The molecule has 1 aliphatic rings. The number of amides is 1. The largest absolute Gasteiger partial charge is 0.450 e. The highest BCUT2D eigenvalue weighted by Gasteiger charge is 2.38. The molecule has 0 N–H and O–H groups in total. The minimum Gasteiger partial charge on any atom is -0.450 e. The standard InChI is InChI=1S/C17H20BrNO2/c1-10(2)11(3)19(13-7-8-13)17(20)15-9-12-5-4-6-14(18)16(12)21-15/h4-6,9-11,13H,7-8H2,1-3H3. The first-order valence-corrected chi connectivity index (χ1v) is 8.29. The Kier molecular flexibility index (Phi) is 3.82. The summed E-state index contributed by atoms with van der Waals surface area (Å²) in [5.41, 5.74) is 0.744. The number of rotatable bonds is 4. The molecule has 21 heavy (non-hydrogen) atoms. The van der Waals surface area contributed by atoms with Crippen LogP contribution < -0.4 is 0 Å². The minimum atomic E-state index is 0.0156. The first-order valence-electron chi connectivity index (χ1n) is 7.49. The van der Waals surface area contributed by atoms with E-state index in [1.54, 1.807) is 0 Å². The molecule has 1 aliphatic carbocycles. The molecule has 1 fully saturated rings. The van der Waals surface area contributed by atoms with E-state index in [1.807, 2.05) is 29.2 Å². The Balaban J connectivity index is 1.96. The van der Waals surface area contributed by atoms with Crippen LogP contribution in [0.25, 0.3) is 11.0 Å². The first kappa shape index (κ1) is 14.6. The van der Waals surface area contributed by atoms with Crippen LogP contribution in [-0.2, 0) is 0 Å². The number of carbonyl (C=O) groups excluding carboxylic acids is 1. The van der Waals surface area contributed by atoms with E-state index in [0.717, 1.165) is 28.3 Å². The fourth-order valence-electron chi connectivity index (χ4n) is 2.62. The lowest BCUT2D eigenvalue weighted by atomic mass is 10.0. The van der Waals surface area contributed by atoms with Crippen molar-refractivity contribution in [3.05, 3.63) is 34.5 Å². The van der Waals surface area contributed by atoms with Gasteiger partial charge in [-0.15, -0.1) is 0 Å². The molecular formula is C17H20BrNO2.